The molecule has 1 atom stereocenters. The van der Waals surface area contributed by atoms with Crippen LogP contribution in [0, 0.1) is 40.1 Å². The van der Waals surface area contributed by atoms with Crippen LogP contribution in [0.1, 0.15) is 34.8 Å². The van der Waals surface area contributed by atoms with Crippen molar-refractivity contribution in [1.82, 2.24) is 0 Å². The molecule has 9 heteroatoms. The summed E-state index contributed by atoms with van der Waals surface area (Å²) in [6.07, 6.45) is 0.440. The summed E-state index contributed by atoms with van der Waals surface area (Å²) in [6.45, 7) is 1.76. The maximum atomic E-state index is 14.9. The van der Waals surface area contributed by atoms with Crippen LogP contribution in [0.15, 0.2) is 48.5 Å². The van der Waals surface area contributed by atoms with Crippen LogP contribution in [0.3, 0.4) is 0 Å². The van der Waals surface area contributed by atoms with Crippen LogP contribution in [0.5, 0.6) is 11.5 Å². The molecule has 0 spiro atoms. The van der Waals surface area contributed by atoms with Crippen molar-refractivity contribution >= 4 is 21.9 Å². The maximum Gasteiger partial charge on any atom is 0.343 e. The Kier molecular flexibility index (Phi) is 7.37. The van der Waals surface area contributed by atoms with E-state index in [0.29, 0.717) is 12.0 Å². The fraction of sp³-hybridized carbons (Fsp3) is 0.125. The van der Waals surface area contributed by atoms with E-state index in [0.717, 1.165) is 0 Å². The fourth-order valence-electron chi connectivity index (χ4n) is 2.96. The zero-order valence-electron chi connectivity index (χ0n) is 17.0. The molecule has 1 unspecified atom stereocenters. The van der Waals surface area contributed by atoms with E-state index in [1.165, 1.54) is 30.3 Å². The summed E-state index contributed by atoms with van der Waals surface area (Å²) >= 11 is 3.18. The van der Waals surface area contributed by atoms with Crippen molar-refractivity contribution in [2.24, 2.45) is 0 Å². The van der Waals surface area contributed by atoms with Crippen molar-refractivity contribution in [2.45, 2.75) is 18.4 Å². The normalized spacial score (nSPS) is 11.2. The maximum absolute atomic E-state index is 14.9. The monoisotopic (exact) mass is 514 g/mol. The van der Waals surface area contributed by atoms with Gasteiger partial charge in [0.1, 0.15) is 34.6 Å². The van der Waals surface area contributed by atoms with Gasteiger partial charge in [-0.2, -0.15) is 14.9 Å². The molecule has 0 N–H and O–H groups in total. The molecule has 0 radical (unpaired) electrons. The van der Waals surface area contributed by atoms with Crippen LogP contribution in [0.2, 0.25) is 0 Å². The Morgan fingerprint density at radius 1 is 0.939 bits per heavy atom. The van der Waals surface area contributed by atoms with E-state index in [9.17, 15) is 23.2 Å². The van der Waals surface area contributed by atoms with Gasteiger partial charge in [-0.15, -0.1) is 0 Å². The number of hydrogen-bond donors (Lipinski definition) is 0. The standard InChI is InChI=1S/C24H14BrF3N2O3/c1-2-18(25)32-24(31)15-10-6-9-14(13-7-4-3-5-8-13)22(15)33-23-20(27)17(12-30)16(11-29)19(26)21(23)28/h3-10,18H,2H2,1H3. The average molecular weight is 515 g/mol. The lowest BCUT2D eigenvalue weighted by atomic mass is 10.0. The SMILES string of the molecule is CCC(Br)OC(=O)c1cccc(-c2ccccc2)c1Oc1c(F)c(F)c(C#N)c(C#N)c1F. The molecule has 3 rings (SSSR count). The van der Waals surface area contributed by atoms with Crippen molar-refractivity contribution in [3.8, 4) is 34.8 Å². The Hall–Kier alpha value is -3.82. The third kappa shape index (κ3) is 4.69. The lowest BCUT2D eigenvalue weighted by Crippen LogP contribution is -2.13. The highest BCUT2D eigenvalue weighted by molar-refractivity contribution is 9.09. The molecular formula is C24H14BrF3N2O3. The lowest BCUT2D eigenvalue weighted by molar-refractivity contribution is 0.0461. The van der Waals surface area contributed by atoms with Crippen molar-refractivity contribution in [3.63, 3.8) is 0 Å². The summed E-state index contributed by atoms with van der Waals surface area (Å²) in [5.74, 6) is -7.54. The highest BCUT2D eigenvalue weighted by atomic mass is 79.9. The van der Waals surface area contributed by atoms with Gasteiger partial charge in [-0.3, -0.25) is 0 Å². The molecule has 0 saturated carbocycles. The van der Waals surface area contributed by atoms with Crippen LogP contribution >= 0.6 is 15.9 Å². The van der Waals surface area contributed by atoms with E-state index < -0.39 is 45.3 Å². The van der Waals surface area contributed by atoms with E-state index in [1.54, 1.807) is 37.3 Å². The molecule has 0 aliphatic rings. The van der Waals surface area contributed by atoms with Crippen molar-refractivity contribution in [3.05, 3.63) is 82.7 Å². The van der Waals surface area contributed by atoms with Gasteiger partial charge in [0.05, 0.1) is 0 Å². The van der Waals surface area contributed by atoms with Gasteiger partial charge in [-0.05, 0) is 34.0 Å². The largest absolute Gasteiger partial charge is 0.449 e. The molecule has 166 valence electrons. The molecule has 0 amide bonds. The first-order chi connectivity index (χ1) is 15.8. The molecule has 0 fully saturated rings. The minimum Gasteiger partial charge on any atom is -0.449 e. The minimum absolute atomic E-state index is 0.184. The highest BCUT2D eigenvalue weighted by Crippen LogP contribution is 2.40. The number of esters is 1. The van der Waals surface area contributed by atoms with Crippen LogP contribution in [0.4, 0.5) is 13.2 Å². The third-order valence-electron chi connectivity index (χ3n) is 4.58. The number of benzene rings is 3. The molecule has 3 aromatic carbocycles. The average Bonchev–Trinajstić information content (AvgIpc) is 2.84. The number of halogens is 4. The van der Waals surface area contributed by atoms with E-state index in [-0.39, 0.29) is 16.9 Å². The van der Waals surface area contributed by atoms with Gasteiger partial charge < -0.3 is 9.47 Å². The Morgan fingerprint density at radius 3 is 2.18 bits per heavy atom. The smallest absolute Gasteiger partial charge is 0.343 e. The third-order valence-corrected chi connectivity index (χ3v) is 5.42. The van der Waals surface area contributed by atoms with Gasteiger partial charge >= 0.3 is 5.97 Å². The predicted octanol–water partition coefficient (Wildman–Crippen LogP) is 6.59. The quantitative estimate of drug-likeness (QED) is 0.210. The second-order valence-corrected chi connectivity index (χ2v) is 7.64. The van der Waals surface area contributed by atoms with Gasteiger partial charge in [0.25, 0.3) is 0 Å². The van der Waals surface area contributed by atoms with E-state index >= 15 is 0 Å². The number of nitriles is 2. The first-order valence-electron chi connectivity index (χ1n) is 9.55. The summed E-state index contributed by atoms with van der Waals surface area (Å²) in [4.78, 5) is 12.8. The van der Waals surface area contributed by atoms with Crippen molar-refractivity contribution in [1.29, 1.82) is 10.5 Å². The lowest BCUT2D eigenvalue weighted by Gasteiger charge is -2.18. The van der Waals surface area contributed by atoms with Crippen LogP contribution in [-0.2, 0) is 4.74 Å². The Labute approximate surface area is 195 Å². The second-order valence-electron chi connectivity index (χ2n) is 6.62. The number of hydrogen-bond acceptors (Lipinski definition) is 5. The second kappa shape index (κ2) is 10.2. The summed E-state index contributed by atoms with van der Waals surface area (Å²) in [5, 5.41) is 17.5. The molecule has 33 heavy (non-hydrogen) atoms. The molecule has 3 aromatic rings. The number of alkyl halides is 1. The Morgan fingerprint density at radius 2 is 1.58 bits per heavy atom. The molecule has 0 aromatic heterocycles. The number of para-hydroxylation sites is 1. The van der Waals surface area contributed by atoms with Gasteiger partial charge in [0.2, 0.25) is 11.6 Å². The predicted molar refractivity (Wildman–Crippen MR) is 116 cm³/mol. The molecule has 0 bridgehead atoms. The fourth-order valence-corrected chi connectivity index (χ4v) is 3.13. The number of rotatable bonds is 6. The van der Waals surface area contributed by atoms with Gasteiger partial charge in [-0.1, -0.05) is 49.4 Å². The molecular weight excluding hydrogens is 501 g/mol. The number of carbonyl (C=O) groups excluding carboxylic acids is 1. The molecule has 0 aliphatic carbocycles. The molecule has 0 heterocycles. The molecule has 5 nitrogen and oxygen atoms in total. The highest BCUT2D eigenvalue weighted by Gasteiger charge is 2.29. The molecule has 0 aliphatic heterocycles. The van der Waals surface area contributed by atoms with Gasteiger partial charge in [0, 0.05) is 5.56 Å². The van der Waals surface area contributed by atoms with E-state index in [1.807, 2.05) is 0 Å². The first kappa shape index (κ1) is 23.8. The zero-order chi connectivity index (χ0) is 24.1. The summed E-state index contributed by atoms with van der Waals surface area (Å²) in [5.41, 5.74) is -1.49. The minimum atomic E-state index is -1.81. The number of nitrogens with zero attached hydrogens (tertiary/aromatic N) is 2. The zero-order valence-corrected chi connectivity index (χ0v) is 18.6. The molecule has 0 saturated heterocycles. The van der Waals surface area contributed by atoms with Gasteiger partial charge in [0.15, 0.2) is 16.6 Å². The summed E-state index contributed by atoms with van der Waals surface area (Å²) in [7, 11) is 0. The topological polar surface area (TPSA) is 83.1 Å². The Balaban J connectivity index is 2.26. The van der Waals surface area contributed by atoms with Crippen LogP contribution < -0.4 is 4.74 Å². The van der Waals surface area contributed by atoms with Crippen LogP contribution in [0.25, 0.3) is 11.1 Å². The van der Waals surface area contributed by atoms with Crippen molar-refractivity contribution in [2.75, 3.05) is 0 Å². The van der Waals surface area contributed by atoms with E-state index in [2.05, 4.69) is 15.9 Å². The Bertz CT molecular complexity index is 1300. The number of carbonyl (C=O) groups is 1. The number of ether oxygens (including phenoxy) is 2. The van der Waals surface area contributed by atoms with E-state index in [4.69, 9.17) is 14.7 Å². The summed E-state index contributed by atoms with van der Waals surface area (Å²) in [6, 6.07) is 15.5. The van der Waals surface area contributed by atoms with Gasteiger partial charge in [-0.25, -0.2) is 13.6 Å². The van der Waals surface area contributed by atoms with Crippen molar-refractivity contribution < 1.29 is 27.4 Å². The van der Waals surface area contributed by atoms with Crippen LogP contribution in [-0.4, -0.2) is 11.0 Å². The summed E-state index contributed by atoms with van der Waals surface area (Å²) < 4.78 is 54.8. The first-order valence-corrected chi connectivity index (χ1v) is 10.5.